The molecular formula is C10H9N7S. The Morgan fingerprint density at radius 2 is 2.44 bits per heavy atom. The number of hydrogen-bond donors (Lipinski definition) is 2. The van der Waals surface area contributed by atoms with Gasteiger partial charge in [-0.15, -0.1) is 16.4 Å². The third kappa shape index (κ3) is 1.96. The van der Waals surface area contributed by atoms with Crippen LogP contribution in [0.1, 0.15) is 22.8 Å². The van der Waals surface area contributed by atoms with Gasteiger partial charge in [-0.2, -0.15) is 5.26 Å². The molecule has 0 saturated heterocycles. The van der Waals surface area contributed by atoms with Gasteiger partial charge in [-0.05, 0) is 29.7 Å². The molecule has 0 bridgehead atoms. The predicted octanol–water partition coefficient (Wildman–Crippen LogP) is 1.12. The second kappa shape index (κ2) is 4.54. The number of allylic oxidation sites excluding steroid dienone is 1. The van der Waals surface area contributed by atoms with E-state index in [1.54, 1.807) is 17.5 Å². The maximum Gasteiger partial charge on any atom is 0.191 e. The highest BCUT2D eigenvalue weighted by Crippen LogP contribution is 2.30. The minimum Gasteiger partial charge on any atom is -0.337 e. The molecule has 0 unspecified atom stereocenters. The van der Waals surface area contributed by atoms with Crippen LogP contribution >= 0.6 is 11.3 Å². The van der Waals surface area contributed by atoms with E-state index in [1.807, 2.05) is 6.07 Å². The first-order valence-corrected chi connectivity index (χ1v) is 6.28. The number of anilines is 1. The summed E-state index contributed by atoms with van der Waals surface area (Å²) in [6.45, 7) is 0. The molecule has 0 fully saturated rings. The lowest BCUT2D eigenvalue weighted by atomic mass is 10.3. The highest BCUT2D eigenvalue weighted by atomic mass is 32.1. The number of tetrazole rings is 1. The zero-order chi connectivity index (χ0) is 12.4. The Hall–Kier alpha value is -2.27. The number of H-pyrrole nitrogens is 1. The topological polar surface area (TPSA) is 103 Å². The van der Waals surface area contributed by atoms with E-state index in [2.05, 4.69) is 30.9 Å². The fourth-order valence-corrected chi connectivity index (χ4v) is 2.83. The molecule has 2 N–H and O–H groups in total. The minimum atomic E-state index is 0.342. The number of fused-ring (bicyclic) bond motifs is 1. The first-order valence-electron chi connectivity index (χ1n) is 5.46. The minimum absolute atomic E-state index is 0.342. The van der Waals surface area contributed by atoms with Gasteiger partial charge in [0, 0.05) is 11.1 Å². The highest BCUT2D eigenvalue weighted by molar-refractivity contribution is 7.15. The Bertz CT molecular complexity index is 598. The quantitative estimate of drug-likeness (QED) is 0.801. The number of aryl methyl sites for hydroxylation is 2. The van der Waals surface area contributed by atoms with E-state index < -0.39 is 0 Å². The Kier molecular flexibility index (Phi) is 2.74. The molecule has 0 radical (unpaired) electrons. The maximum atomic E-state index is 9.00. The van der Waals surface area contributed by atoms with Crippen LogP contribution in [0.5, 0.6) is 0 Å². The van der Waals surface area contributed by atoms with Crippen LogP contribution in [0, 0.1) is 11.3 Å². The summed E-state index contributed by atoms with van der Waals surface area (Å²) in [4.78, 5) is 5.81. The Balaban J connectivity index is 1.78. The standard InChI is InChI=1S/C10H9N7S/c11-4-6(9-14-16-17-15-9)5-12-10-13-7-2-1-3-8(7)18-10/h5H,1-3H2,(H,12,13)(H,14,15,16,17). The predicted molar refractivity (Wildman–Crippen MR) is 65.5 cm³/mol. The van der Waals surface area contributed by atoms with Crippen LogP contribution in [0.3, 0.4) is 0 Å². The van der Waals surface area contributed by atoms with Crippen LogP contribution in [0.15, 0.2) is 6.20 Å². The van der Waals surface area contributed by atoms with Gasteiger partial charge >= 0.3 is 0 Å². The van der Waals surface area contributed by atoms with Gasteiger partial charge < -0.3 is 5.32 Å². The van der Waals surface area contributed by atoms with Crippen molar-refractivity contribution in [2.75, 3.05) is 5.32 Å². The van der Waals surface area contributed by atoms with E-state index in [0.29, 0.717) is 11.4 Å². The lowest BCUT2D eigenvalue weighted by molar-refractivity contribution is 0.881. The van der Waals surface area contributed by atoms with E-state index >= 15 is 0 Å². The molecule has 0 atom stereocenters. The van der Waals surface area contributed by atoms with Crippen LogP contribution in [0.25, 0.3) is 5.57 Å². The molecule has 2 aromatic rings. The maximum absolute atomic E-state index is 9.00. The second-order valence-corrected chi connectivity index (χ2v) is 4.89. The van der Waals surface area contributed by atoms with Gasteiger partial charge in [-0.3, -0.25) is 0 Å². The Labute approximate surface area is 107 Å². The molecule has 1 aliphatic carbocycles. The van der Waals surface area contributed by atoms with Gasteiger partial charge in [-0.1, -0.05) is 0 Å². The number of aromatic nitrogens is 5. The number of thiazole rings is 1. The van der Waals surface area contributed by atoms with Gasteiger partial charge in [-0.25, -0.2) is 10.1 Å². The van der Waals surface area contributed by atoms with Gasteiger partial charge in [0.2, 0.25) is 0 Å². The van der Waals surface area contributed by atoms with Crippen molar-refractivity contribution in [2.45, 2.75) is 19.3 Å². The summed E-state index contributed by atoms with van der Waals surface area (Å²) < 4.78 is 0. The molecular weight excluding hydrogens is 250 g/mol. The molecule has 0 saturated carbocycles. The summed E-state index contributed by atoms with van der Waals surface area (Å²) in [7, 11) is 0. The van der Waals surface area contributed by atoms with Crippen molar-refractivity contribution in [3.63, 3.8) is 0 Å². The van der Waals surface area contributed by atoms with Crippen LogP contribution in [-0.4, -0.2) is 25.6 Å². The largest absolute Gasteiger partial charge is 0.337 e. The molecule has 0 aromatic carbocycles. The van der Waals surface area contributed by atoms with E-state index in [4.69, 9.17) is 5.26 Å². The van der Waals surface area contributed by atoms with Crippen molar-refractivity contribution in [3.8, 4) is 6.07 Å². The van der Waals surface area contributed by atoms with Gasteiger partial charge in [0.1, 0.15) is 11.6 Å². The summed E-state index contributed by atoms with van der Waals surface area (Å²) in [6.07, 6.45) is 4.91. The number of hydrogen-bond acceptors (Lipinski definition) is 7. The summed E-state index contributed by atoms with van der Waals surface area (Å²) in [5.41, 5.74) is 1.52. The monoisotopic (exact) mass is 259 g/mol. The smallest absolute Gasteiger partial charge is 0.191 e. The lowest BCUT2D eigenvalue weighted by Gasteiger charge is -1.95. The molecule has 18 heavy (non-hydrogen) atoms. The fraction of sp³-hybridized carbons (Fsp3) is 0.300. The van der Waals surface area contributed by atoms with Crippen LogP contribution in [0.2, 0.25) is 0 Å². The molecule has 2 aromatic heterocycles. The zero-order valence-corrected chi connectivity index (χ0v) is 10.2. The zero-order valence-electron chi connectivity index (χ0n) is 9.34. The molecule has 2 heterocycles. The first kappa shape index (κ1) is 10.9. The number of nitrogens with zero attached hydrogens (tertiary/aromatic N) is 5. The fourth-order valence-electron chi connectivity index (χ4n) is 1.81. The third-order valence-electron chi connectivity index (χ3n) is 2.66. The van der Waals surface area contributed by atoms with Crippen molar-refractivity contribution < 1.29 is 0 Å². The summed E-state index contributed by atoms with van der Waals surface area (Å²) in [5.74, 6) is 0.342. The summed E-state index contributed by atoms with van der Waals surface area (Å²) >= 11 is 1.63. The summed E-state index contributed by atoms with van der Waals surface area (Å²) in [6, 6.07) is 2.03. The SMILES string of the molecule is N#CC(=CNc1nc2c(s1)CCC2)c1nnn[nH]1. The normalized spacial score (nSPS) is 14.3. The Morgan fingerprint density at radius 1 is 1.50 bits per heavy atom. The van der Waals surface area contributed by atoms with Crippen molar-refractivity contribution in [1.82, 2.24) is 25.6 Å². The summed E-state index contributed by atoms with van der Waals surface area (Å²) in [5, 5.41) is 25.9. The van der Waals surface area contributed by atoms with Crippen LogP contribution in [0.4, 0.5) is 5.13 Å². The van der Waals surface area contributed by atoms with Crippen LogP contribution < -0.4 is 5.32 Å². The van der Waals surface area contributed by atoms with Crippen molar-refractivity contribution >= 4 is 22.0 Å². The first-order chi connectivity index (χ1) is 8.86. The molecule has 8 heteroatoms. The second-order valence-electron chi connectivity index (χ2n) is 3.81. The number of rotatable bonds is 3. The molecule has 7 nitrogen and oxygen atoms in total. The molecule has 3 rings (SSSR count). The molecule has 0 aliphatic heterocycles. The molecule has 1 aliphatic rings. The van der Waals surface area contributed by atoms with Crippen molar-refractivity contribution in [1.29, 1.82) is 5.26 Å². The average Bonchev–Trinajstić information content (AvgIpc) is 3.04. The highest BCUT2D eigenvalue weighted by Gasteiger charge is 2.16. The number of nitrogens with one attached hydrogen (secondary N) is 2. The number of aromatic amines is 1. The molecule has 0 amide bonds. The number of nitriles is 1. The van der Waals surface area contributed by atoms with Crippen molar-refractivity contribution in [3.05, 3.63) is 22.6 Å². The average molecular weight is 259 g/mol. The lowest BCUT2D eigenvalue weighted by Crippen LogP contribution is -1.93. The molecule has 0 spiro atoms. The van der Waals surface area contributed by atoms with E-state index in [1.165, 1.54) is 17.0 Å². The third-order valence-corrected chi connectivity index (χ3v) is 3.75. The Morgan fingerprint density at radius 3 is 3.17 bits per heavy atom. The van der Waals surface area contributed by atoms with E-state index in [9.17, 15) is 0 Å². The van der Waals surface area contributed by atoms with Crippen LogP contribution in [-0.2, 0) is 12.8 Å². The van der Waals surface area contributed by atoms with Gasteiger partial charge in [0.15, 0.2) is 11.0 Å². The van der Waals surface area contributed by atoms with E-state index in [0.717, 1.165) is 18.0 Å². The van der Waals surface area contributed by atoms with Gasteiger partial charge in [0.25, 0.3) is 0 Å². The van der Waals surface area contributed by atoms with Crippen molar-refractivity contribution in [2.24, 2.45) is 0 Å². The van der Waals surface area contributed by atoms with E-state index in [-0.39, 0.29) is 0 Å². The van der Waals surface area contributed by atoms with Gasteiger partial charge in [0.05, 0.1) is 5.69 Å². The molecule has 90 valence electrons.